The zero-order valence-corrected chi connectivity index (χ0v) is 13.3. The molecule has 0 aliphatic carbocycles. The van der Waals surface area contributed by atoms with E-state index < -0.39 is 0 Å². The molecule has 1 aromatic carbocycles. The number of thiophene rings is 1. The number of rotatable bonds is 5. The molecule has 0 radical (unpaired) electrons. The summed E-state index contributed by atoms with van der Waals surface area (Å²) in [5.74, 6) is 0. The molecule has 96 valence electrons. The minimum atomic E-state index is 0.207. The first kappa shape index (κ1) is 14.1. The molecule has 1 nitrogen and oxygen atoms in total. The van der Waals surface area contributed by atoms with Gasteiger partial charge in [0, 0.05) is 9.35 Å². The molecule has 1 aromatic heterocycles. The zero-order chi connectivity index (χ0) is 13.0. The van der Waals surface area contributed by atoms with E-state index in [2.05, 4.69) is 52.4 Å². The Balaban J connectivity index is 2.33. The third-order valence-corrected chi connectivity index (χ3v) is 4.71. The van der Waals surface area contributed by atoms with Gasteiger partial charge in [0.05, 0.1) is 10.4 Å². The number of hydrogen-bond donors (Lipinski definition) is 1. The molecule has 0 bridgehead atoms. The van der Waals surface area contributed by atoms with Gasteiger partial charge in [-0.2, -0.15) is 0 Å². The van der Waals surface area contributed by atoms with E-state index in [1.54, 1.807) is 11.3 Å². The molecule has 0 aliphatic heterocycles. The van der Waals surface area contributed by atoms with E-state index >= 15 is 0 Å². The molecule has 0 amide bonds. The van der Waals surface area contributed by atoms with Crippen LogP contribution in [-0.4, -0.2) is 6.54 Å². The lowest BCUT2D eigenvalue weighted by atomic mass is 10.1. The van der Waals surface area contributed by atoms with Gasteiger partial charge >= 0.3 is 0 Å². The van der Waals surface area contributed by atoms with Gasteiger partial charge in [-0.15, -0.1) is 11.3 Å². The van der Waals surface area contributed by atoms with Crippen LogP contribution in [0.5, 0.6) is 0 Å². The summed E-state index contributed by atoms with van der Waals surface area (Å²) in [5, 5.41) is 3.58. The summed E-state index contributed by atoms with van der Waals surface area (Å²) in [6.07, 6.45) is 1.11. The van der Waals surface area contributed by atoms with Crippen LogP contribution in [-0.2, 0) is 0 Å². The third-order valence-electron chi connectivity index (χ3n) is 2.69. The van der Waals surface area contributed by atoms with Gasteiger partial charge in [-0.3, -0.25) is 0 Å². The molecule has 0 saturated carbocycles. The molecule has 1 heterocycles. The largest absolute Gasteiger partial charge is 0.306 e. The molecule has 0 saturated heterocycles. The Morgan fingerprint density at radius 2 is 2.06 bits per heavy atom. The van der Waals surface area contributed by atoms with E-state index in [1.807, 2.05) is 12.1 Å². The summed E-state index contributed by atoms with van der Waals surface area (Å²) in [6, 6.07) is 12.6. The van der Waals surface area contributed by atoms with Crippen molar-refractivity contribution in [1.29, 1.82) is 0 Å². The second kappa shape index (κ2) is 6.71. The SMILES string of the molecule is CCCNC(c1ccc(Cl)s1)c1ccccc1Br. The highest BCUT2D eigenvalue weighted by Crippen LogP contribution is 2.34. The van der Waals surface area contributed by atoms with Crippen LogP contribution >= 0.6 is 38.9 Å². The minimum Gasteiger partial charge on any atom is -0.306 e. The molecular weight excluding hydrogens is 330 g/mol. The fraction of sp³-hybridized carbons (Fsp3) is 0.286. The van der Waals surface area contributed by atoms with Crippen LogP contribution < -0.4 is 5.32 Å². The van der Waals surface area contributed by atoms with Crippen LogP contribution in [0.25, 0.3) is 0 Å². The van der Waals surface area contributed by atoms with Crippen molar-refractivity contribution in [3.63, 3.8) is 0 Å². The number of nitrogens with one attached hydrogen (secondary N) is 1. The molecule has 0 aliphatic rings. The molecular formula is C14H15BrClNS. The molecule has 4 heteroatoms. The second-order valence-electron chi connectivity index (χ2n) is 4.05. The summed E-state index contributed by atoms with van der Waals surface area (Å²) < 4.78 is 1.96. The Labute approximate surface area is 125 Å². The van der Waals surface area contributed by atoms with Crippen molar-refractivity contribution in [3.05, 3.63) is 55.6 Å². The molecule has 1 atom stereocenters. The molecule has 0 spiro atoms. The first-order valence-corrected chi connectivity index (χ1v) is 7.94. The van der Waals surface area contributed by atoms with Crippen LogP contribution in [0.2, 0.25) is 4.34 Å². The number of hydrogen-bond acceptors (Lipinski definition) is 2. The van der Waals surface area contributed by atoms with Gasteiger partial charge in [0.15, 0.2) is 0 Å². The van der Waals surface area contributed by atoms with Crippen molar-refractivity contribution in [3.8, 4) is 0 Å². The maximum atomic E-state index is 6.04. The van der Waals surface area contributed by atoms with Crippen molar-refractivity contribution in [2.24, 2.45) is 0 Å². The molecule has 18 heavy (non-hydrogen) atoms. The summed E-state index contributed by atoms with van der Waals surface area (Å²) in [6.45, 7) is 3.16. The van der Waals surface area contributed by atoms with Crippen LogP contribution in [0.4, 0.5) is 0 Å². The van der Waals surface area contributed by atoms with Crippen molar-refractivity contribution in [2.45, 2.75) is 19.4 Å². The Bertz CT molecular complexity index is 512. The van der Waals surface area contributed by atoms with E-state index in [0.717, 1.165) is 21.8 Å². The zero-order valence-electron chi connectivity index (χ0n) is 10.1. The second-order valence-corrected chi connectivity index (χ2v) is 6.65. The Hall–Kier alpha value is -0.350. The van der Waals surface area contributed by atoms with Crippen molar-refractivity contribution < 1.29 is 0 Å². The molecule has 2 aromatic rings. The minimum absolute atomic E-state index is 0.207. The predicted molar refractivity (Wildman–Crippen MR) is 83.6 cm³/mol. The lowest BCUT2D eigenvalue weighted by molar-refractivity contribution is 0.604. The Morgan fingerprint density at radius 1 is 1.28 bits per heavy atom. The van der Waals surface area contributed by atoms with Gasteiger partial charge in [-0.05, 0) is 36.7 Å². The van der Waals surface area contributed by atoms with E-state index in [-0.39, 0.29) is 6.04 Å². The normalized spacial score (nSPS) is 12.6. The van der Waals surface area contributed by atoms with Gasteiger partial charge in [0.1, 0.15) is 0 Å². The standard InChI is InChI=1S/C14H15BrClNS/c1-2-9-17-14(12-7-8-13(16)18-12)10-5-3-4-6-11(10)15/h3-8,14,17H,2,9H2,1H3. The van der Waals surface area contributed by atoms with Crippen LogP contribution in [0.3, 0.4) is 0 Å². The monoisotopic (exact) mass is 343 g/mol. The van der Waals surface area contributed by atoms with E-state index in [1.165, 1.54) is 10.4 Å². The molecule has 1 unspecified atom stereocenters. The fourth-order valence-electron chi connectivity index (χ4n) is 1.85. The lowest BCUT2D eigenvalue weighted by Gasteiger charge is -2.19. The van der Waals surface area contributed by atoms with Crippen molar-refractivity contribution in [1.82, 2.24) is 5.32 Å². The molecule has 1 N–H and O–H groups in total. The fourth-order valence-corrected chi connectivity index (χ4v) is 3.51. The molecule has 0 fully saturated rings. The van der Waals surface area contributed by atoms with E-state index in [0.29, 0.717) is 0 Å². The van der Waals surface area contributed by atoms with Crippen LogP contribution in [0, 0.1) is 0 Å². The van der Waals surface area contributed by atoms with Gasteiger partial charge < -0.3 is 5.32 Å². The van der Waals surface area contributed by atoms with Crippen LogP contribution in [0.15, 0.2) is 40.9 Å². The average Bonchev–Trinajstić information content (AvgIpc) is 2.78. The van der Waals surface area contributed by atoms with Gasteiger partial charge in [0.25, 0.3) is 0 Å². The van der Waals surface area contributed by atoms with Crippen molar-refractivity contribution in [2.75, 3.05) is 6.54 Å². The predicted octanol–water partition coefficient (Wildman–Crippen LogP) is 5.25. The van der Waals surface area contributed by atoms with Gasteiger partial charge in [-0.1, -0.05) is 52.7 Å². The van der Waals surface area contributed by atoms with Gasteiger partial charge in [-0.25, -0.2) is 0 Å². The summed E-state index contributed by atoms with van der Waals surface area (Å²) >= 11 is 11.3. The maximum Gasteiger partial charge on any atom is 0.0931 e. The summed E-state index contributed by atoms with van der Waals surface area (Å²) in [7, 11) is 0. The number of benzene rings is 1. The van der Waals surface area contributed by atoms with Crippen molar-refractivity contribution >= 4 is 38.9 Å². The highest BCUT2D eigenvalue weighted by molar-refractivity contribution is 9.10. The summed E-state index contributed by atoms with van der Waals surface area (Å²) in [5.41, 5.74) is 1.25. The van der Waals surface area contributed by atoms with E-state index in [4.69, 9.17) is 11.6 Å². The Morgan fingerprint density at radius 3 is 2.67 bits per heavy atom. The highest BCUT2D eigenvalue weighted by Gasteiger charge is 2.17. The highest BCUT2D eigenvalue weighted by atomic mass is 79.9. The third kappa shape index (κ3) is 3.35. The lowest BCUT2D eigenvalue weighted by Crippen LogP contribution is -2.22. The summed E-state index contributed by atoms with van der Waals surface area (Å²) in [4.78, 5) is 1.25. The van der Waals surface area contributed by atoms with Gasteiger partial charge in [0.2, 0.25) is 0 Å². The quantitative estimate of drug-likeness (QED) is 0.781. The van der Waals surface area contributed by atoms with E-state index in [9.17, 15) is 0 Å². The Kier molecular flexibility index (Phi) is 5.25. The maximum absolute atomic E-state index is 6.04. The topological polar surface area (TPSA) is 12.0 Å². The number of halogens is 2. The first-order valence-electron chi connectivity index (χ1n) is 5.95. The molecule has 2 rings (SSSR count). The average molecular weight is 345 g/mol. The first-order chi connectivity index (χ1) is 8.72. The van der Waals surface area contributed by atoms with Crippen LogP contribution in [0.1, 0.15) is 29.8 Å². The smallest absolute Gasteiger partial charge is 0.0931 e.